The molecule has 1 nitrogen and oxygen atoms in total. The number of hydrogen-bond donors (Lipinski definition) is 1. The maximum atomic E-state index is 3.56. The third-order valence-electron chi connectivity index (χ3n) is 2.87. The van der Waals surface area contributed by atoms with Crippen LogP contribution in [0.25, 0.3) is 0 Å². The summed E-state index contributed by atoms with van der Waals surface area (Å²) in [6.07, 6.45) is 6.65. The van der Waals surface area contributed by atoms with Gasteiger partial charge < -0.3 is 5.32 Å². The lowest BCUT2D eigenvalue weighted by Crippen LogP contribution is -2.17. The van der Waals surface area contributed by atoms with E-state index in [1.165, 1.54) is 52.9 Å². The van der Waals surface area contributed by atoms with E-state index in [-0.39, 0.29) is 0 Å². The van der Waals surface area contributed by atoms with Gasteiger partial charge in [0, 0.05) is 10.9 Å². The van der Waals surface area contributed by atoms with Crippen LogP contribution in [0.5, 0.6) is 0 Å². The molecule has 0 aliphatic heterocycles. The number of unbranched alkanes of at least 4 members (excludes halogenated alkanes) is 1. The molecule has 0 spiro atoms. The molecule has 1 aromatic rings. The molecular formula is C12H18BrNS. The van der Waals surface area contributed by atoms with Gasteiger partial charge in [-0.15, -0.1) is 11.3 Å². The highest BCUT2D eigenvalue weighted by molar-refractivity contribution is 9.11. The third-order valence-corrected chi connectivity index (χ3v) is 4.47. The third kappa shape index (κ3) is 3.89. The lowest BCUT2D eigenvalue weighted by molar-refractivity contribution is 0.619. The van der Waals surface area contributed by atoms with Crippen LogP contribution in [-0.4, -0.2) is 12.6 Å². The Balaban J connectivity index is 1.62. The van der Waals surface area contributed by atoms with Crippen molar-refractivity contribution in [2.75, 3.05) is 6.54 Å². The number of rotatable bonds is 6. The van der Waals surface area contributed by atoms with Crippen molar-refractivity contribution in [3.05, 3.63) is 20.3 Å². The van der Waals surface area contributed by atoms with Crippen LogP contribution < -0.4 is 5.32 Å². The zero-order valence-electron chi connectivity index (χ0n) is 9.18. The van der Waals surface area contributed by atoms with Crippen molar-refractivity contribution in [3.8, 4) is 0 Å². The van der Waals surface area contributed by atoms with Crippen LogP contribution >= 0.6 is 27.3 Å². The molecule has 0 radical (unpaired) electrons. The average Bonchev–Trinajstić information content (AvgIpc) is 2.94. The van der Waals surface area contributed by atoms with Gasteiger partial charge in [0.1, 0.15) is 0 Å². The molecule has 0 bridgehead atoms. The Bertz CT molecular complexity index is 317. The van der Waals surface area contributed by atoms with Crippen molar-refractivity contribution in [2.24, 2.45) is 0 Å². The second-order valence-corrected chi connectivity index (χ2v) is 6.95. The summed E-state index contributed by atoms with van der Waals surface area (Å²) in [7, 11) is 0. The Morgan fingerprint density at radius 1 is 1.47 bits per heavy atom. The Kier molecular flexibility index (Phi) is 4.23. The summed E-state index contributed by atoms with van der Waals surface area (Å²) in [4.78, 5) is 1.47. The predicted molar refractivity (Wildman–Crippen MR) is 70.7 cm³/mol. The van der Waals surface area contributed by atoms with Crippen molar-refractivity contribution < 1.29 is 0 Å². The van der Waals surface area contributed by atoms with Gasteiger partial charge in [-0.1, -0.05) is 0 Å². The van der Waals surface area contributed by atoms with Gasteiger partial charge in [0.25, 0.3) is 0 Å². The fourth-order valence-electron chi connectivity index (χ4n) is 1.76. The summed E-state index contributed by atoms with van der Waals surface area (Å²) in [6.45, 7) is 3.42. The van der Waals surface area contributed by atoms with Crippen LogP contribution in [0.3, 0.4) is 0 Å². The van der Waals surface area contributed by atoms with E-state index in [9.17, 15) is 0 Å². The summed E-state index contributed by atoms with van der Waals surface area (Å²) in [6, 6.07) is 3.14. The zero-order valence-corrected chi connectivity index (χ0v) is 11.6. The molecule has 0 saturated heterocycles. The van der Waals surface area contributed by atoms with Crippen LogP contribution in [0.2, 0.25) is 0 Å². The van der Waals surface area contributed by atoms with E-state index >= 15 is 0 Å². The van der Waals surface area contributed by atoms with Crippen molar-refractivity contribution in [3.63, 3.8) is 0 Å². The minimum atomic E-state index is 0.863. The Labute approximate surface area is 104 Å². The first-order valence-corrected chi connectivity index (χ1v) is 7.35. The molecule has 1 heterocycles. The van der Waals surface area contributed by atoms with Crippen LogP contribution in [0, 0.1) is 6.92 Å². The Hall–Kier alpha value is 0.140. The molecule has 2 rings (SSSR count). The molecule has 0 unspecified atom stereocenters. The SMILES string of the molecule is Cc1sc(Br)cc1CCCCNC1CC1. The van der Waals surface area contributed by atoms with Gasteiger partial charge >= 0.3 is 0 Å². The second kappa shape index (κ2) is 5.46. The van der Waals surface area contributed by atoms with E-state index in [1.54, 1.807) is 0 Å². The van der Waals surface area contributed by atoms with Gasteiger partial charge in [0.05, 0.1) is 3.79 Å². The highest BCUT2D eigenvalue weighted by Gasteiger charge is 2.19. The molecule has 1 aromatic heterocycles. The van der Waals surface area contributed by atoms with E-state index in [0.717, 1.165) is 6.04 Å². The molecule has 1 aliphatic rings. The first-order valence-electron chi connectivity index (χ1n) is 5.74. The van der Waals surface area contributed by atoms with Gasteiger partial charge in [-0.05, 0) is 73.1 Å². The molecule has 0 aromatic carbocycles. The van der Waals surface area contributed by atoms with E-state index in [4.69, 9.17) is 0 Å². The maximum absolute atomic E-state index is 3.56. The van der Waals surface area contributed by atoms with Gasteiger partial charge in [-0.3, -0.25) is 0 Å². The van der Waals surface area contributed by atoms with Crippen LogP contribution in [0.4, 0.5) is 0 Å². The lowest BCUT2D eigenvalue weighted by Gasteiger charge is -2.02. The Morgan fingerprint density at radius 2 is 2.27 bits per heavy atom. The number of aryl methyl sites for hydroxylation is 2. The average molecular weight is 288 g/mol. The standard InChI is InChI=1S/C12H18BrNS/c1-9-10(8-12(13)15-9)4-2-3-7-14-11-5-6-11/h8,11,14H,2-7H2,1H3. The fourth-order valence-corrected chi connectivity index (χ4v) is 3.55. The Morgan fingerprint density at radius 3 is 2.87 bits per heavy atom. The van der Waals surface area contributed by atoms with Gasteiger partial charge in [-0.2, -0.15) is 0 Å². The van der Waals surface area contributed by atoms with Crippen LogP contribution in [0.15, 0.2) is 9.85 Å². The summed E-state index contributed by atoms with van der Waals surface area (Å²) in [5, 5.41) is 3.56. The van der Waals surface area contributed by atoms with Crippen molar-refractivity contribution in [1.29, 1.82) is 0 Å². The number of halogens is 1. The molecule has 1 saturated carbocycles. The van der Waals surface area contributed by atoms with E-state index in [1.807, 2.05) is 11.3 Å². The highest BCUT2D eigenvalue weighted by atomic mass is 79.9. The summed E-state index contributed by atoms with van der Waals surface area (Å²) < 4.78 is 1.27. The summed E-state index contributed by atoms with van der Waals surface area (Å²) >= 11 is 5.39. The van der Waals surface area contributed by atoms with Crippen molar-refractivity contribution in [2.45, 2.75) is 45.1 Å². The number of nitrogens with one attached hydrogen (secondary N) is 1. The molecule has 15 heavy (non-hydrogen) atoms. The van der Waals surface area contributed by atoms with Crippen LogP contribution in [-0.2, 0) is 6.42 Å². The van der Waals surface area contributed by atoms with Gasteiger partial charge in [-0.25, -0.2) is 0 Å². The number of thiophene rings is 1. The zero-order chi connectivity index (χ0) is 10.7. The quantitative estimate of drug-likeness (QED) is 0.783. The molecule has 0 atom stereocenters. The highest BCUT2D eigenvalue weighted by Crippen LogP contribution is 2.27. The second-order valence-electron chi connectivity index (χ2n) is 4.32. The molecule has 3 heteroatoms. The van der Waals surface area contributed by atoms with Crippen molar-refractivity contribution in [1.82, 2.24) is 5.32 Å². The molecule has 1 N–H and O–H groups in total. The normalized spacial score (nSPS) is 15.9. The largest absolute Gasteiger partial charge is 0.314 e. The molecule has 0 amide bonds. The van der Waals surface area contributed by atoms with E-state index < -0.39 is 0 Å². The maximum Gasteiger partial charge on any atom is 0.0704 e. The lowest BCUT2D eigenvalue weighted by atomic mass is 10.1. The summed E-state index contributed by atoms with van der Waals surface area (Å²) in [5.41, 5.74) is 1.53. The topological polar surface area (TPSA) is 12.0 Å². The van der Waals surface area contributed by atoms with Crippen molar-refractivity contribution >= 4 is 27.3 Å². The monoisotopic (exact) mass is 287 g/mol. The summed E-state index contributed by atoms with van der Waals surface area (Å²) in [5.74, 6) is 0. The molecule has 1 aliphatic carbocycles. The smallest absolute Gasteiger partial charge is 0.0704 e. The predicted octanol–water partition coefficient (Wildman–Crippen LogP) is 3.89. The van der Waals surface area contributed by atoms with Crippen LogP contribution in [0.1, 0.15) is 36.1 Å². The van der Waals surface area contributed by atoms with Gasteiger partial charge in [0.2, 0.25) is 0 Å². The van der Waals surface area contributed by atoms with Gasteiger partial charge in [0.15, 0.2) is 0 Å². The molecule has 84 valence electrons. The van der Waals surface area contributed by atoms with E-state index in [0.29, 0.717) is 0 Å². The number of hydrogen-bond acceptors (Lipinski definition) is 2. The first kappa shape index (κ1) is 11.6. The molecule has 1 fully saturated rings. The van der Waals surface area contributed by atoms with E-state index in [2.05, 4.69) is 34.2 Å². The fraction of sp³-hybridized carbons (Fsp3) is 0.667. The minimum absolute atomic E-state index is 0.863. The first-order chi connectivity index (χ1) is 7.25. The molecular weight excluding hydrogens is 270 g/mol. The minimum Gasteiger partial charge on any atom is -0.314 e.